The molecule has 0 amide bonds. The van der Waals surface area contributed by atoms with Crippen LogP contribution in [0.1, 0.15) is 25.5 Å². The Labute approximate surface area is 129 Å². The number of esters is 1. The molecule has 0 aliphatic heterocycles. The lowest BCUT2D eigenvalue weighted by Gasteiger charge is -2.15. The second-order valence-corrected chi connectivity index (χ2v) is 5.31. The largest absolute Gasteiger partial charge is 0.468 e. The number of para-hydroxylation sites is 2. The average molecular weight is 298 g/mol. The number of nitriles is 1. The van der Waals surface area contributed by atoms with E-state index in [9.17, 15) is 10.1 Å². The maximum atomic E-state index is 11.8. The van der Waals surface area contributed by atoms with Gasteiger partial charge in [0, 0.05) is 6.54 Å². The molecule has 2 aromatic rings. The van der Waals surface area contributed by atoms with Gasteiger partial charge in [0.15, 0.2) is 11.7 Å². The quantitative estimate of drug-likeness (QED) is 0.853. The highest BCUT2D eigenvalue weighted by atomic mass is 16.5. The number of ether oxygens (including phenoxy) is 1. The van der Waals surface area contributed by atoms with Crippen LogP contribution in [0.4, 0.5) is 5.82 Å². The number of aromatic nitrogens is 2. The number of fused-ring (bicyclic) bond motifs is 1. The Balaban J connectivity index is 2.54. The van der Waals surface area contributed by atoms with Crippen LogP contribution in [-0.2, 0) is 9.53 Å². The minimum absolute atomic E-state index is 0.300. The van der Waals surface area contributed by atoms with Gasteiger partial charge >= 0.3 is 5.97 Å². The number of nitrogens with zero attached hydrogens (tertiary/aromatic N) is 3. The third-order valence-electron chi connectivity index (χ3n) is 3.11. The molecule has 1 aromatic heterocycles. The van der Waals surface area contributed by atoms with Crippen molar-refractivity contribution >= 4 is 22.8 Å². The standard InChI is InChI=1S/C16H18N4O2/c1-10(2)9-18-15-14(11(8-17)16(21)22-3)19-12-6-4-5-7-13(12)20-15/h4-7,10-11H,9H2,1-3H3,(H,18,20)/t11-/m0/s1. The fraction of sp³-hybridized carbons (Fsp3) is 0.375. The maximum Gasteiger partial charge on any atom is 0.329 e. The third-order valence-corrected chi connectivity index (χ3v) is 3.11. The first-order chi connectivity index (χ1) is 10.6. The molecule has 1 heterocycles. The van der Waals surface area contributed by atoms with Gasteiger partial charge in [-0.3, -0.25) is 4.79 Å². The van der Waals surface area contributed by atoms with E-state index in [1.165, 1.54) is 7.11 Å². The average Bonchev–Trinajstić information content (AvgIpc) is 2.53. The van der Waals surface area contributed by atoms with Crippen LogP contribution in [0, 0.1) is 17.2 Å². The Morgan fingerprint density at radius 2 is 1.95 bits per heavy atom. The van der Waals surface area contributed by atoms with E-state index in [4.69, 9.17) is 4.74 Å². The fourth-order valence-electron chi connectivity index (χ4n) is 1.99. The number of carbonyl (C=O) groups excluding carboxylic acids is 1. The third kappa shape index (κ3) is 3.31. The summed E-state index contributed by atoms with van der Waals surface area (Å²) in [5.74, 6) is -0.902. The van der Waals surface area contributed by atoms with Crippen molar-refractivity contribution in [3.63, 3.8) is 0 Å². The van der Waals surface area contributed by atoms with Crippen LogP contribution in [-0.4, -0.2) is 29.6 Å². The SMILES string of the molecule is COC(=O)[C@@H](C#N)c1nc2ccccc2nc1NCC(C)C. The van der Waals surface area contributed by atoms with Crippen molar-refractivity contribution in [2.45, 2.75) is 19.8 Å². The lowest BCUT2D eigenvalue weighted by molar-refractivity contribution is -0.141. The lowest BCUT2D eigenvalue weighted by atomic mass is 10.1. The molecule has 0 bridgehead atoms. The van der Waals surface area contributed by atoms with Gasteiger partial charge in [-0.15, -0.1) is 0 Å². The van der Waals surface area contributed by atoms with Gasteiger partial charge < -0.3 is 10.1 Å². The summed E-state index contributed by atoms with van der Waals surface area (Å²) in [5, 5.41) is 12.5. The Bertz CT molecular complexity index is 722. The molecule has 6 nitrogen and oxygen atoms in total. The van der Waals surface area contributed by atoms with Crippen LogP contribution in [0.25, 0.3) is 11.0 Å². The molecule has 0 saturated heterocycles. The Hall–Kier alpha value is -2.68. The van der Waals surface area contributed by atoms with Crippen molar-refractivity contribution in [1.82, 2.24) is 9.97 Å². The van der Waals surface area contributed by atoms with Gasteiger partial charge in [0.1, 0.15) is 5.69 Å². The number of hydrogen-bond donors (Lipinski definition) is 1. The van der Waals surface area contributed by atoms with Gasteiger partial charge in [0.2, 0.25) is 0 Å². The predicted molar refractivity (Wildman–Crippen MR) is 83.2 cm³/mol. The molecular weight excluding hydrogens is 280 g/mol. The van der Waals surface area contributed by atoms with E-state index < -0.39 is 11.9 Å². The molecular formula is C16H18N4O2. The van der Waals surface area contributed by atoms with Crippen LogP contribution < -0.4 is 5.32 Å². The van der Waals surface area contributed by atoms with E-state index in [-0.39, 0.29) is 0 Å². The number of rotatable bonds is 5. The highest BCUT2D eigenvalue weighted by Crippen LogP contribution is 2.25. The molecule has 0 fully saturated rings. The Kier molecular flexibility index (Phi) is 4.89. The lowest BCUT2D eigenvalue weighted by Crippen LogP contribution is -2.19. The zero-order valence-corrected chi connectivity index (χ0v) is 12.8. The maximum absolute atomic E-state index is 11.8. The molecule has 1 atom stereocenters. The summed E-state index contributed by atoms with van der Waals surface area (Å²) in [6, 6.07) is 9.28. The highest BCUT2D eigenvalue weighted by Gasteiger charge is 2.27. The number of anilines is 1. The van der Waals surface area contributed by atoms with Crippen LogP contribution in [0.2, 0.25) is 0 Å². The Morgan fingerprint density at radius 3 is 2.50 bits per heavy atom. The summed E-state index contributed by atoms with van der Waals surface area (Å²) in [4.78, 5) is 20.8. The van der Waals surface area contributed by atoms with Crippen molar-refractivity contribution in [3.8, 4) is 6.07 Å². The molecule has 1 N–H and O–H groups in total. The number of nitrogens with one attached hydrogen (secondary N) is 1. The first-order valence-corrected chi connectivity index (χ1v) is 7.04. The van der Waals surface area contributed by atoms with Crippen molar-refractivity contribution in [2.75, 3.05) is 19.0 Å². The minimum atomic E-state index is -1.10. The number of carbonyl (C=O) groups is 1. The van der Waals surface area contributed by atoms with Gasteiger partial charge in [0.05, 0.1) is 24.2 Å². The highest BCUT2D eigenvalue weighted by molar-refractivity contribution is 5.84. The molecule has 114 valence electrons. The first-order valence-electron chi connectivity index (χ1n) is 7.04. The van der Waals surface area contributed by atoms with Gasteiger partial charge in [0.25, 0.3) is 0 Å². The van der Waals surface area contributed by atoms with Gasteiger partial charge in [-0.2, -0.15) is 5.26 Å². The van der Waals surface area contributed by atoms with Crippen molar-refractivity contribution in [2.24, 2.45) is 5.92 Å². The molecule has 1 aromatic carbocycles. The molecule has 6 heteroatoms. The summed E-state index contributed by atoms with van der Waals surface area (Å²) in [6.45, 7) is 4.78. The van der Waals surface area contributed by atoms with E-state index in [1.807, 2.05) is 24.3 Å². The van der Waals surface area contributed by atoms with Crippen molar-refractivity contribution < 1.29 is 9.53 Å². The normalized spacial score (nSPS) is 12.0. The number of hydrogen-bond acceptors (Lipinski definition) is 6. The monoisotopic (exact) mass is 298 g/mol. The van der Waals surface area contributed by atoms with Gasteiger partial charge in [-0.25, -0.2) is 9.97 Å². The topological polar surface area (TPSA) is 87.9 Å². The molecule has 2 rings (SSSR count). The molecule has 0 spiro atoms. The fourth-order valence-corrected chi connectivity index (χ4v) is 1.99. The van der Waals surface area contributed by atoms with Crippen LogP contribution in [0.5, 0.6) is 0 Å². The number of methoxy groups -OCH3 is 1. The Morgan fingerprint density at radius 1 is 1.32 bits per heavy atom. The molecule has 0 saturated carbocycles. The zero-order chi connectivity index (χ0) is 16.1. The van der Waals surface area contributed by atoms with E-state index in [0.29, 0.717) is 35.0 Å². The summed E-state index contributed by atoms with van der Waals surface area (Å²) in [5.41, 5.74) is 1.64. The van der Waals surface area contributed by atoms with Crippen LogP contribution in [0.15, 0.2) is 24.3 Å². The van der Waals surface area contributed by atoms with Crippen molar-refractivity contribution in [3.05, 3.63) is 30.0 Å². The molecule has 0 aliphatic rings. The van der Waals surface area contributed by atoms with E-state index in [2.05, 4.69) is 29.1 Å². The van der Waals surface area contributed by atoms with Gasteiger partial charge in [-0.1, -0.05) is 26.0 Å². The zero-order valence-electron chi connectivity index (χ0n) is 12.8. The van der Waals surface area contributed by atoms with E-state index in [0.717, 1.165) is 0 Å². The van der Waals surface area contributed by atoms with E-state index >= 15 is 0 Å². The number of benzene rings is 1. The summed E-state index contributed by atoms with van der Waals surface area (Å²) < 4.78 is 4.69. The molecule has 0 unspecified atom stereocenters. The summed E-state index contributed by atoms with van der Waals surface area (Å²) in [6.07, 6.45) is 0. The van der Waals surface area contributed by atoms with E-state index in [1.54, 1.807) is 6.07 Å². The molecule has 22 heavy (non-hydrogen) atoms. The van der Waals surface area contributed by atoms with Crippen LogP contribution in [0.3, 0.4) is 0 Å². The summed E-state index contributed by atoms with van der Waals surface area (Å²) >= 11 is 0. The first kappa shape index (κ1) is 15.7. The van der Waals surface area contributed by atoms with Crippen LogP contribution >= 0.6 is 0 Å². The summed E-state index contributed by atoms with van der Waals surface area (Å²) in [7, 11) is 1.25. The van der Waals surface area contributed by atoms with Crippen molar-refractivity contribution in [1.29, 1.82) is 5.26 Å². The second-order valence-electron chi connectivity index (χ2n) is 5.31. The van der Waals surface area contributed by atoms with Gasteiger partial charge in [-0.05, 0) is 18.1 Å². The second kappa shape index (κ2) is 6.85. The predicted octanol–water partition coefficient (Wildman–Crippen LogP) is 2.48. The molecule has 0 radical (unpaired) electrons. The molecule has 0 aliphatic carbocycles. The smallest absolute Gasteiger partial charge is 0.329 e. The minimum Gasteiger partial charge on any atom is -0.468 e.